The van der Waals surface area contributed by atoms with Crippen molar-refractivity contribution in [2.45, 2.75) is 13.3 Å². The Balaban J connectivity index is 1.89. The number of carboxylic acids is 1. The Labute approximate surface area is 146 Å². The molecule has 0 aromatic heterocycles. The second-order valence-electron chi connectivity index (χ2n) is 5.42. The van der Waals surface area contributed by atoms with Crippen LogP contribution in [0.15, 0.2) is 48.5 Å². The van der Waals surface area contributed by atoms with E-state index in [2.05, 4.69) is 6.92 Å². The third-order valence-electron chi connectivity index (χ3n) is 3.65. The molecule has 0 aliphatic carbocycles. The summed E-state index contributed by atoms with van der Waals surface area (Å²) in [5.41, 5.74) is 1.87. The van der Waals surface area contributed by atoms with Crippen LogP contribution in [0.5, 0.6) is 11.5 Å². The Morgan fingerprint density at radius 2 is 1.44 bits per heavy atom. The maximum atomic E-state index is 12.2. The third-order valence-corrected chi connectivity index (χ3v) is 3.65. The van der Waals surface area contributed by atoms with Crippen LogP contribution >= 0.6 is 0 Å². The van der Waals surface area contributed by atoms with Gasteiger partial charge in [-0.05, 0) is 48.4 Å². The van der Waals surface area contributed by atoms with Gasteiger partial charge in [-0.15, -0.1) is 0 Å². The van der Waals surface area contributed by atoms with Gasteiger partial charge in [0.2, 0.25) is 0 Å². The van der Waals surface area contributed by atoms with Gasteiger partial charge in [0.05, 0.1) is 0 Å². The van der Waals surface area contributed by atoms with Gasteiger partial charge in [0.1, 0.15) is 11.5 Å². The van der Waals surface area contributed by atoms with E-state index >= 15 is 0 Å². The SMILES string of the molecule is CCc1ccc(OCC(=O)N(C)c2ccc(OCC(=O)O)cc2)cc1. The first-order chi connectivity index (χ1) is 12.0. The number of aliphatic carboxylic acids is 1. The van der Waals surface area contributed by atoms with Gasteiger partial charge in [0, 0.05) is 12.7 Å². The van der Waals surface area contributed by atoms with E-state index in [1.165, 1.54) is 10.5 Å². The van der Waals surface area contributed by atoms with Crippen LogP contribution in [0.1, 0.15) is 12.5 Å². The smallest absolute Gasteiger partial charge is 0.341 e. The van der Waals surface area contributed by atoms with Gasteiger partial charge < -0.3 is 19.5 Å². The molecule has 2 rings (SSSR count). The Morgan fingerprint density at radius 1 is 0.920 bits per heavy atom. The molecule has 0 saturated carbocycles. The van der Waals surface area contributed by atoms with Crippen molar-refractivity contribution in [1.82, 2.24) is 0 Å². The number of likely N-dealkylation sites (N-methyl/N-ethyl adjacent to an activating group) is 1. The van der Waals surface area contributed by atoms with Crippen molar-refractivity contribution in [2.24, 2.45) is 0 Å². The summed E-state index contributed by atoms with van der Waals surface area (Å²) < 4.78 is 10.6. The van der Waals surface area contributed by atoms with Crippen molar-refractivity contribution in [3.8, 4) is 11.5 Å². The van der Waals surface area contributed by atoms with E-state index in [-0.39, 0.29) is 12.5 Å². The summed E-state index contributed by atoms with van der Waals surface area (Å²) in [5, 5.41) is 8.58. The normalized spacial score (nSPS) is 10.2. The Bertz CT molecular complexity index is 710. The predicted molar refractivity (Wildman–Crippen MR) is 94.3 cm³/mol. The van der Waals surface area contributed by atoms with Crippen molar-refractivity contribution >= 4 is 17.6 Å². The zero-order valence-corrected chi connectivity index (χ0v) is 14.3. The summed E-state index contributed by atoms with van der Waals surface area (Å²) in [5.74, 6) is -0.158. The number of anilines is 1. The summed E-state index contributed by atoms with van der Waals surface area (Å²) in [6.45, 7) is 1.60. The average molecular weight is 343 g/mol. The summed E-state index contributed by atoms with van der Waals surface area (Å²) >= 11 is 0. The molecule has 2 aromatic rings. The molecule has 0 fully saturated rings. The minimum absolute atomic E-state index is 0.0702. The van der Waals surface area contributed by atoms with E-state index in [0.717, 1.165) is 6.42 Å². The summed E-state index contributed by atoms with van der Waals surface area (Å²) in [7, 11) is 1.65. The monoisotopic (exact) mass is 343 g/mol. The number of hydrogen-bond donors (Lipinski definition) is 1. The fourth-order valence-electron chi connectivity index (χ4n) is 2.12. The van der Waals surface area contributed by atoms with E-state index in [9.17, 15) is 9.59 Å². The molecule has 0 saturated heterocycles. The molecule has 0 radical (unpaired) electrons. The number of carbonyl (C=O) groups is 2. The zero-order chi connectivity index (χ0) is 18.2. The van der Waals surface area contributed by atoms with Crippen molar-refractivity contribution in [3.05, 3.63) is 54.1 Å². The quantitative estimate of drug-likeness (QED) is 0.797. The molecule has 2 aromatic carbocycles. The molecule has 6 nitrogen and oxygen atoms in total. The number of hydrogen-bond acceptors (Lipinski definition) is 4. The molecule has 132 valence electrons. The number of carbonyl (C=O) groups excluding carboxylic acids is 1. The van der Waals surface area contributed by atoms with Gasteiger partial charge in [-0.3, -0.25) is 4.79 Å². The highest BCUT2D eigenvalue weighted by Gasteiger charge is 2.12. The maximum Gasteiger partial charge on any atom is 0.341 e. The molecule has 0 aliphatic heterocycles. The lowest BCUT2D eigenvalue weighted by atomic mass is 10.2. The number of carboxylic acid groups (broad SMARTS) is 1. The summed E-state index contributed by atoms with van der Waals surface area (Å²) in [6, 6.07) is 14.2. The number of benzene rings is 2. The lowest BCUT2D eigenvalue weighted by Crippen LogP contribution is -2.31. The molecule has 25 heavy (non-hydrogen) atoms. The summed E-state index contributed by atoms with van der Waals surface area (Å²) in [4.78, 5) is 24.2. The highest BCUT2D eigenvalue weighted by Crippen LogP contribution is 2.19. The van der Waals surface area contributed by atoms with Gasteiger partial charge in [0.25, 0.3) is 5.91 Å². The average Bonchev–Trinajstić information content (AvgIpc) is 2.64. The topological polar surface area (TPSA) is 76.1 Å². The van der Waals surface area contributed by atoms with Gasteiger partial charge >= 0.3 is 5.97 Å². The van der Waals surface area contributed by atoms with Crippen LogP contribution < -0.4 is 14.4 Å². The van der Waals surface area contributed by atoms with Crippen molar-refractivity contribution in [2.75, 3.05) is 25.2 Å². The zero-order valence-electron chi connectivity index (χ0n) is 14.3. The second kappa shape index (κ2) is 8.73. The minimum Gasteiger partial charge on any atom is -0.484 e. The maximum absolute atomic E-state index is 12.2. The Hall–Kier alpha value is -3.02. The standard InChI is InChI=1S/C19H21NO5/c1-3-14-4-8-16(9-5-14)24-12-18(21)20(2)15-6-10-17(11-7-15)25-13-19(22)23/h4-11H,3,12-13H2,1-2H3,(H,22,23). The molecule has 0 unspecified atom stereocenters. The van der Waals surface area contributed by atoms with Crippen LogP contribution in [0, 0.1) is 0 Å². The molecular formula is C19H21NO5. The minimum atomic E-state index is -1.04. The number of amides is 1. The molecule has 1 N–H and O–H groups in total. The fraction of sp³-hybridized carbons (Fsp3) is 0.263. The van der Waals surface area contributed by atoms with Gasteiger partial charge in [-0.1, -0.05) is 19.1 Å². The molecule has 0 atom stereocenters. The number of aryl methyl sites for hydroxylation is 1. The van der Waals surface area contributed by atoms with E-state index in [0.29, 0.717) is 17.2 Å². The first kappa shape index (κ1) is 18.3. The van der Waals surface area contributed by atoms with Crippen LogP contribution in [0.25, 0.3) is 0 Å². The largest absolute Gasteiger partial charge is 0.484 e. The van der Waals surface area contributed by atoms with Crippen LogP contribution in [0.4, 0.5) is 5.69 Å². The van der Waals surface area contributed by atoms with E-state index < -0.39 is 12.6 Å². The van der Waals surface area contributed by atoms with E-state index in [1.807, 2.05) is 24.3 Å². The second-order valence-corrected chi connectivity index (χ2v) is 5.42. The van der Waals surface area contributed by atoms with E-state index in [1.54, 1.807) is 31.3 Å². The fourth-order valence-corrected chi connectivity index (χ4v) is 2.12. The highest BCUT2D eigenvalue weighted by molar-refractivity contribution is 5.93. The molecule has 0 heterocycles. The van der Waals surface area contributed by atoms with Gasteiger partial charge in [0.15, 0.2) is 13.2 Å². The van der Waals surface area contributed by atoms with Crippen molar-refractivity contribution in [3.63, 3.8) is 0 Å². The molecule has 1 amide bonds. The molecule has 6 heteroatoms. The van der Waals surface area contributed by atoms with Crippen LogP contribution in [-0.4, -0.2) is 37.2 Å². The lowest BCUT2D eigenvalue weighted by molar-refractivity contribution is -0.139. The number of ether oxygens (including phenoxy) is 2. The molecule has 0 aliphatic rings. The predicted octanol–water partition coefficient (Wildman–Crippen LogP) is 2.75. The van der Waals surface area contributed by atoms with Crippen LogP contribution in [0.2, 0.25) is 0 Å². The van der Waals surface area contributed by atoms with Crippen molar-refractivity contribution in [1.29, 1.82) is 0 Å². The number of nitrogens with zero attached hydrogens (tertiary/aromatic N) is 1. The Kier molecular flexibility index (Phi) is 6.39. The van der Waals surface area contributed by atoms with Crippen LogP contribution in [0.3, 0.4) is 0 Å². The molecule has 0 bridgehead atoms. The lowest BCUT2D eigenvalue weighted by Gasteiger charge is -2.18. The highest BCUT2D eigenvalue weighted by atomic mass is 16.5. The molecular weight excluding hydrogens is 322 g/mol. The van der Waals surface area contributed by atoms with Crippen LogP contribution in [-0.2, 0) is 16.0 Å². The number of rotatable bonds is 8. The molecule has 0 spiro atoms. The van der Waals surface area contributed by atoms with E-state index in [4.69, 9.17) is 14.6 Å². The first-order valence-electron chi connectivity index (χ1n) is 7.92. The summed E-state index contributed by atoms with van der Waals surface area (Å²) in [6.07, 6.45) is 0.953. The third kappa shape index (κ3) is 5.53. The first-order valence-corrected chi connectivity index (χ1v) is 7.92. The van der Waals surface area contributed by atoms with Gasteiger partial charge in [-0.2, -0.15) is 0 Å². The van der Waals surface area contributed by atoms with Gasteiger partial charge in [-0.25, -0.2) is 4.79 Å². The van der Waals surface area contributed by atoms with Crippen molar-refractivity contribution < 1.29 is 24.2 Å². The Morgan fingerprint density at radius 3 is 1.96 bits per heavy atom.